The second-order valence-electron chi connectivity index (χ2n) is 7.61. The van der Waals surface area contributed by atoms with Gasteiger partial charge >= 0.3 is 0 Å². The fraction of sp³-hybridized carbons (Fsp3) is 0.154. The second-order valence-corrected chi connectivity index (χ2v) is 8.89. The molecular formula is C26H22Cl3N3O3. The van der Waals surface area contributed by atoms with Crippen molar-refractivity contribution in [2.24, 2.45) is 0 Å². The number of aromatic nitrogens is 2. The lowest BCUT2D eigenvalue weighted by Gasteiger charge is -2.09. The minimum atomic E-state index is -0.281. The molecule has 1 aromatic heterocycles. The van der Waals surface area contributed by atoms with Crippen LogP contribution in [0.3, 0.4) is 0 Å². The van der Waals surface area contributed by atoms with E-state index in [2.05, 4.69) is 5.32 Å². The lowest BCUT2D eigenvalue weighted by molar-refractivity contribution is 0.0946. The van der Waals surface area contributed by atoms with E-state index in [0.717, 1.165) is 11.1 Å². The Labute approximate surface area is 218 Å². The molecule has 0 atom stereocenters. The Balaban J connectivity index is 1.65. The molecule has 35 heavy (non-hydrogen) atoms. The summed E-state index contributed by atoms with van der Waals surface area (Å²) < 4.78 is 12.4. The average molecular weight is 531 g/mol. The first-order valence-electron chi connectivity index (χ1n) is 10.7. The number of carbonyl (C=O) groups excluding carboxylic acids is 1. The molecule has 1 N–H and O–H groups in total. The van der Waals surface area contributed by atoms with Gasteiger partial charge in [-0.1, -0.05) is 40.9 Å². The number of benzene rings is 3. The predicted octanol–water partition coefficient (Wildman–Crippen LogP) is 6.49. The lowest BCUT2D eigenvalue weighted by Crippen LogP contribution is -2.27. The van der Waals surface area contributed by atoms with Gasteiger partial charge in [0.1, 0.15) is 17.2 Å². The molecule has 0 aliphatic heterocycles. The van der Waals surface area contributed by atoms with Crippen LogP contribution >= 0.6 is 34.8 Å². The lowest BCUT2D eigenvalue weighted by atomic mass is 10.1. The summed E-state index contributed by atoms with van der Waals surface area (Å²) in [7, 11) is 3.16. The van der Waals surface area contributed by atoms with Gasteiger partial charge in [-0.2, -0.15) is 5.10 Å². The van der Waals surface area contributed by atoms with E-state index in [-0.39, 0.29) is 5.91 Å². The molecule has 0 saturated carbocycles. The SMILES string of the molecule is COc1ccc(-c2cc(C(=O)NCCc3ccc(Cl)cc3Cl)n(-c3ccc(Cl)cc3)n2)c(OC)c1. The second kappa shape index (κ2) is 11.0. The van der Waals surface area contributed by atoms with Crippen LogP contribution in [0, 0.1) is 0 Å². The van der Waals surface area contributed by atoms with Gasteiger partial charge in [-0.05, 0) is 66.6 Å². The highest BCUT2D eigenvalue weighted by atomic mass is 35.5. The zero-order chi connectivity index (χ0) is 24.9. The van der Waals surface area contributed by atoms with Crippen LogP contribution in [0.4, 0.5) is 0 Å². The van der Waals surface area contributed by atoms with Crippen molar-refractivity contribution in [3.63, 3.8) is 0 Å². The maximum Gasteiger partial charge on any atom is 0.270 e. The van der Waals surface area contributed by atoms with Crippen LogP contribution in [0.5, 0.6) is 11.5 Å². The summed E-state index contributed by atoms with van der Waals surface area (Å²) in [6.07, 6.45) is 0.552. The van der Waals surface area contributed by atoms with Crippen LogP contribution in [0.1, 0.15) is 16.1 Å². The number of rotatable bonds is 8. The maximum absolute atomic E-state index is 13.2. The van der Waals surface area contributed by atoms with E-state index in [1.165, 1.54) is 0 Å². The normalized spacial score (nSPS) is 10.8. The first-order chi connectivity index (χ1) is 16.9. The van der Waals surface area contributed by atoms with E-state index in [9.17, 15) is 4.79 Å². The molecule has 0 saturated heterocycles. The molecule has 0 radical (unpaired) electrons. The average Bonchev–Trinajstić information content (AvgIpc) is 3.30. The molecule has 0 bridgehead atoms. The van der Waals surface area contributed by atoms with Crippen molar-refractivity contribution in [3.05, 3.63) is 93.1 Å². The topological polar surface area (TPSA) is 65.4 Å². The Morgan fingerprint density at radius 1 is 0.914 bits per heavy atom. The van der Waals surface area contributed by atoms with Gasteiger partial charge in [0.25, 0.3) is 5.91 Å². The Morgan fingerprint density at radius 3 is 2.34 bits per heavy atom. The summed E-state index contributed by atoms with van der Waals surface area (Å²) in [4.78, 5) is 13.2. The molecule has 0 spiro atoms. The van der Waals surface area contributed by atoms with Gasteiger partial charge in [0.15, 0.2) is 0 Å². The van der Waals surface area contributed by atoms with Crippen molar-refractivity contribution in [1.29, 1.82) is 0 Å². The summed E-state index contributed by atoms with van der Waals surface area (Å²) in [5, 5.41) is 9.38. The molecule has 1 heterocycles. The number of carbonyl (C=O) groups is 1. The molecule has 6 nitrogen and oxygen atoms in total. The highest BCUT2D eigenvalue weighted by Gasteiger charge is 2.20. The first-order valence-corrected chi connectivity index (χ1v) is 11.8. The van der Waals surface area contributed by atoms with Crippen molar-refractivity contribution < 1.29 is 14.3 Å². The summed E-state index contributed by atoms with van der Waals surface area (Å²) in [6, 6.07) is 19.6. The Kier molecular flexibility index (Phi) is 7.86. The standard InChI is InChI=1S/C26H22Cl3N3O3/c1-34-20-9-10-21(25(14-20)35-2)23-15-24(32(31-23)19-7-5-17(27)6-8-19)26(33)30-12-11-16-3-4-18(28)13-22(16)29/h3-10,13-15H,11-12H2,1-2H3,(H,30,33). The van der Waals surface area contributed by atoms with Gasteiger partial charge < -0.3 is 14.8 Å². The number of nitrogens with zero attached hydrogens (tertiary/aromatic N) is 2. The molecule has 4 aromatic rings. The maximum atomic E-state index is 13.2. The summed E-state index contributed by atoms with van der Waals surface area (Å²) in [5.41, 5.74) is 3.25. The zero-order valence-corrected chi connectivity index (χ0v) is 21.3. The quantitative estimate of drug-likeness (QED) is 0.283. The number of amides is 1. The number of ether oxygens (including phenoxy) is 2. The van der Waals surface area contributed by atoms with Crippen molar-refractivity contribution >= 4 is 40.7 Å². The largest absolute Gasteiger partial charge is 0.497 e. The Bertz CT molecular complexity index is 1350. The van der Waals surface area contributed by atoms with E-state index < -0.39 is 0 Å². The third-order valence-corrected chi connectivity index (χ3v) is 6.23. The fourth-order valence-electron chi connectivity index (χ4n) is 3.59. The third-order valence-electron chi connectivity index (χ3n) is 5.39. The van der Waals surface area contributed by atoms with Crippen LogP contribution in [-0.2, 0) is 6.42 Å². The van der Waals surface area contributed by atoms with Crippen LogP contribution in [0.25, 0.3) is 16.9 Å². The van der Waals surface area contributed by atoms with Gasteiger partial charge in [-0.3, -0.25) is 4.79 Å². The Hall–Kier alpha value is -3.19. The van der Waals surface area contributed by atoms with E-state index in [1.54, 1.807) is 67.4 Å². The summed E-state index contributed by atoms with van der Waals surface area (Å²) in [5.74, 6) is 0.951. The molecule has 180 valence electrons. The van der Waals surface area contributed by atoms with E-state index in [1.807, 2.05) is 18.2 Å². The molecule has 0 aliphatic carbocycles. The molecule has 9 heteroatoms. The smallest absolute Gasteiger partial charge is 0.270 e. The van der Waals surface area contributed by atoms with Crippen LogP contribution in [0.15, 0.2) is 66.7 Å². The molecule has 4 rings (SSSR count). The number of hydrogen-bond donors (Lipinski definition) is 1. The van der Waals surface area contributed by atoms with Crippen molar-refractivity contribution in [1.82, 2.24) is 15.1 Å². The number of hydrogen-bond acceptors (Lipinski definition) is 4. The van der Waals surface area contributed by atoms with Crippen LogP contribution in [0.2, 0.25) is 15.1 Å². The van der Waals surface area contributed by atoms with E-state index >= 15 is 0 Å². The van der Waals surface area contributed by atoms with Crippen LogP contribution in [-0.4, -0.2) is 36.5 Å². The van der Waals surface area contributed by atoms with Gasteiger partial charge in [-0.15, -0.1) is 0 Å². The number of halogens is 3. The fourth-order valence-corrected chi connectivity index (χ4v) is 4.22. The van der Waals surface area contributed by atoms with E-state index in [4.69, 9.17) is 49.4 Å². The number of nitrogens with one attached hydrogen (secondary N) is 1. The molecule has 0 unspecified atom stereocenters. The van der Waals surface area contributed by atoms with E-state index in [0.29, 0.717) is 56.6 Å². The minimum Gasteiger partial charge on any atom is -0.497 e. The Morgan fingerprint density at radius 2 is 1.66 bits per heavy atom. The summed E-state index contributed by atoms with van der Waals surface area (Å²) in [6.45, 7) is 0.382. The van der Waals surface area contributed by atoms with Gasteiger partial charge in [-0.25, -0.2) is 4.68 Å². The minimum absolute atomic E-state index is 0.281. The van der Waals surface area contributed by atoms with Gasteiger partial charge in [0.2, 0.25) is 0 Å². The molecular weight excluding hydrogens is 509 g/mol. The predicted molar refractivity (Wildman–Crippen MR) is 140 cm³/mol. The third kappa shape index (κ3) is 5.73. The zero-order valence-electron chi connectivity index (χ0n) is 19.0. The molecule has 3 aromatic carbocycles. The van der Waals surface area contributed by atoms with Crippen molar-refractivity contribution in [2.75, 3.05) is 20.8 Å². The van der Waals surface area contributed by atoms with Crippen molar-refractivity contribution in [2.45, 2.75) is 6.42 Å². The monoisotopic (exact) mass is 529 g/mol. The summed E-state index contributed by atoms with van der Waals surface area (Å²) >= 11 is 18.3. The molecule has 0 aliphatic rings. The van der Waals surface area contributed by atoms with Gasteiger partial charge in [0, 0.05) is 33.2 Å². The van der Waals surface area contributed by atoms with Crippen molar-refractivity contribution in [3.8, 4) is 28.4 Å². The first kappa shape index (κ1) is 24.9. The molecule has 0 fully saturated rings. The highest BCUT2D eigenvalue weighted by molar-refractivity contribution is 6.35. The van der Waals surface area contributed by atoms with Crippen LogP contribution < -0.4 is 14.8 Å². The number of methoxy groups -OCH3 is 2. The highest BCUT2D eigenvalue weighted by Crippen LogP contribution is 2.33. The van der Waals surface area contributed by atoms with Gasteiger partial charge in [0.05, 0.1) is 25.6 Å². The molecule has 1 amide bonds.